The van der Waals surface area contributed by atoms with Crippen LogP contribution in [0.1, 0.15) is 5.01 Å². The van der Waals surface area contributed by atoms with E-state index in [0.29, 0.717) is 5.01 Å². The lowest BCUT2D eigenvalue weighted by Crippen LogP contribution is -2.23. The van der Waals surface area contributed by atoms with Gasteiger partial charge >= 0.3 is 0 Å². The van der Waals surface area contributed by atoms with Crippen LogP contribution < -0.4 is 4.72 Å². The van der Waals surface area contributed by atoms with E-state index in [9.17, 15) is 8.42 Å². The van der Waals surface area contributed by atoms with E-state index >= 15 is 0 Å². The van der Waals surface area contributed by atoms with E-state index < -0.39 is 10.0 Å². The summed E-state index contributed by atoms with van der Waals surface area (Å²) in [5, 5.41) is 0.949. The lowest BCUT2D eigenvalue weighted by molar-refractivity contribution is 0.587. The molecular formula is C7H9ClN2O2S2. The van der Waals surface area contributed by atoms with Crippen LogP contribution in [0.15, 0.2) is 22.0 Å². The molecule has 0 aromatic carbocycles. The fraction of sp³-hybridized carbons (Fsp3) is 0.286. The zero-order chi connectivity index (χ0) is 10.8. The maximum absolute atomic E-state index is 11.5. The third kappa shape index (κ3) is 3.06. The number of hydrogen-bond donors (Lipinski definition) is 1. The molecule has 0 bridgehead atoms. The second-order valence-corrected chi connectivity index (χ2v) is 6.30. The molecule has 0 aliphatic carbocycles. The minimum Gasteiger partial charge on any atom is -0.249 e. The summed E-state index contributed by atoms with van der Waals surface area (Å²) >= 11 is 6.55. The second kappa shape index (κ2) is 4.39. The van der Waals surface area contributed by atoms with E-state index in [-0.39, 0.29) is 15.8 Å². The number of rotatable bonds is 4. The van der Waals surface area contributed by atoms with Crippen LogP contribution in [-0.4, -0.2) is 19.9 Å². The molecule has 1 heterocycles. The Morgan fingerprint density at radius 2 is 2.43 bits per heavy atom. The number of nitrogens with zero attached hydrogens (tertiary/aromatic N) is 1. The standard InChI is InChI=1S/C7H9ClN2O2S2/c1-5(8)3-10-14(11,12)7-4-9-6(2)13-7/h4,10H,1,3H2,2H3. The first-order chi connectivity index (χ1) is 6.42. The summed E-state index contributed by atoms with van der Waals surface area (Å²) in [5.74, 6) is 0. The van der Waals surface area contributed by atoms with Gasteiger partial charge in [0.15, 0.2) is 4.21 Å². The zero-order valence-corrected chi connectivity index (χ0v) is 9.84. The van der Waals surface area contributed by atoms with Crippen molar-refractivity contribution in [1.82, 2.24) is 9.71 Å². The molecule has 14 heavy (non-hydrogen) atoms. The number of sulfonamides is 1. The summed E-state index contributed by atoms with van der Waals surface area (Å²) in [6, 6.07) is 0. The molecule has 1 rings (SSSR count). The molecule has 78 valence electrons. The summed E-state index contributed by atoms with van der Waals surface area (Å²) in [6.45, 7) is 5.15. The number of nitrogens with one attached hydrogen (secondary N) is 1. The van der Waals surface area contributed by atoms with Gasteiger partial charge in [-0.2, -0.15) is 0 Å². The van der Waals surface area contributed by atoms with E-state index in [1.807, 2.05) is 0 Å². The normalized spacial score (nSPS) is 11.6. The molecule has 0 atom stereocenters. The van der Waals surface area contributed by atoms with Gasteiger partial charge in [0, 0.05) is 11.6 Å². The van der Waals surface area contributed by atoms with Gasteiger partial charge in [0.05, 0.1) is 11.2 Å². The number of thiazole rings is 1. The Bertz CT molecular complexity index is 438. The Morgan fingerprint density at radius 1 is 1.79 bits per heavy atom. The molecule has 1 aromatic heterocycles. The molecule has 4 nitrogen and oxygen atoms in total. The van der Waals surface area contributed by atoms with Crippen molar-refractivity contribution in [2.45, 2.75) is 11.1 Å². The van der Waals surface area contributed by atoms with Crippen molar-refractivity contribution >= 4 is 33.0 Å². The topological polar surface area (TPSA) is 59.1 Å². The number of aryl methyl sites for hydroxylation is 1. The highest BCUT2D eigenvalue weighted by molar-refractivity contribution is 7.91. The average Bonchev–Trinajstić information content (AvgIpc) is 2.49. The van der Waals surface area contributed by atoms with Crippen molar-refractivity contribution in [1.29, 1.82) is 0 Å². The minimum atomic E-state index is -3.47. The Morgan fingerprint density at radius 3 is 2.86 bits per heavy atom. The molecule has 7 heteroatoms. The molecule has 0 saturated carbocycles. The maximum Gasteiger partial charge on any atom is 0.252 e. The first-order valence-electron chi connectivity index (χ1n) is 3.67. The number of aromatic nitrogens is 1. The lowest BCUT2D eigenvalue weighted by Gasteiger charge is -2.01. The monoisotopic (exact) mass is 252 g/mol. The Balaban J connectivity index is 2.81. The molecule has 1 N–H and O–H groups in total. The van der Waals surface area contributed by atoms with Gasteiger partial charge in [-0.05, 0) is 6.92 Å². The quantitative estimate of drug-likeness (QED) is 0.883. The SMILES string of the molecule is C=C(Cl)CNS(=O)(=O)c1cnc(C)s1. The van der Waals surface area contributed by atoms with Crippen molar-refractivity contribution in [2.75, 3.05) is 6.54 Å². The van der Waals surface area contributed by atoms with Gasteiger partial charge in [-0.25, -0.2) is 18.1 Å². The fourth-order valence-corrected chi connectivity index (χ4v) is 3.03. The van der Waals surface area contributed by atoms with E-state index in [2.05, 4.69) is 16.3 Å². The van der Waals surface area contributed by atoms with Gasteiger partial charge in [0.1, 0.15) is 0 Å². The van der Waals surface area contributed by atoms with Crippen LogP contribution in [0.3, 0.4) is 0 Å². The summed E-state index contributed by atoms with van der Waals surface area (Å²) in [5.41, 5.74) is 0. The molecule has 0 radical (unpaired) electrons. The zero-order valence-electron chi connectivity index (χ0n) is 7.45. The average molecular weight is 253 g/mol. The van der Waals surface area contributed by atoms with Crippen molar-refractivity contribution in [3.8, 4) is 0 Å². The van der Waals surface area contributed by atoms with Crippen LogP contribution in [0.2, 0.25) is 0 Å². The Hall–Kier alpha value is -0.430. The van der Waals surface area contributed by atoms with Crippen LogP contribution in [0.25, 0.3) is 0 Å². The second-order valence-electron chi connectivity index (χ2n) is 2.54. The van der Waals surface area contributed by atoms with E-state index in [4.69, 9.17) is 11.6 Å². The molecule has 0 unspecified atom stereocenters. The first-order valence-corrected chi connectivity index (χ1v) is 6.35. The van der Waals surface area contributed by atoms with Crippen LogP contribution in [-0.2, 0) is 10.0 Å². The first kappa shape index (κ1) is 11.6. The molecule has 0 aliphatic heterocycles. The highest BCUT2D eigenvalue weighted by Crippen LogP contribution is 2.17. The smallest absolute Gasteiger partial charge is 0.249 e. The van der Waals surface area contributed by atoms with E-state index in [0.717, 1.165) is 11.3 Å². The van der Waals surface area contributed by atoms with Gasteiger partial charge in [-0.1, -0.05) is 18.2 Å². The van der Waals surface area contributed by atoms with Crippen LogP contribution in [0.5, 0.6) is 0 Å². The van der Waals surface area contributed by atoms with Gasteiger partial charge in [0.25, 0.3) is 10.0 Å². The van der Waals surface area contributed by atoms with Crippen molar-refractivity contribution in [3.05, 3.63) is 22.8 Å². The summed E-state index contributed by atoms with van der Waals surface area (Å²) in [4.78, 5) is 3.85. The van der Waals surface area contributed by atoms with Gasteiger partial charge in [0.2, 0.25) is 0 Å². The molecule has 0 spiro atoms. The van der Waals surface area contributed by atoms with Gasteiger partial charge in [-0.3, -0.25) is 0 Å². The third-order valence-corrected chi connectivity index (χ3v) is 4.23. The van der Waals surface area contributed by atoms with Crippen LogP contribution in [0, 0.1) is 6.92 Å². The maximum atomic E-state index is 11.5. The van der Waals surface area contributed by atoms with Crippen LogP contribution in [0.4, 0.5) is 0 Å². The predicted octanol–water partition coefficient (Wildman–Crippen LogP) is 1.48. The summed E-state index contributed by atoms with van der Waals surface area (Å²) < 4.78 is 25.5. The lowest BCUT2D eigenvalue weighted by atomic mass is 10.7. The molecule has 1 aromatic rings. The minimum absolute atomic E-state index is 0.0286. The third-order valence-electron chi connectivity index (χ3n) is 1.32. The molecule has 0 aliphatic rings. The number of hydrogen-bond acceptors (Lipinski definition) is 4. The van der Waals surface area contributed by atoms with E-state index in [1.165, 1.54) is 6.20 Å². The summed E-state index contributed by atoms with van der Waals surface area (Å²) in [7, 11) is -3.47. The summed E-state index contributed by atoms with van der Waals surface area (Å²) in [6.07, 6.45) is 1.32. The van der Waals surface area contributed by atoms with Crippen molar-refractivity contribution < 1.29 is 8.42 Å². The highest BCUT2D eigenvalue weighted by Gasteiger charge is 2.16. The predicted molar refractivity (Wildman–Crippen MR) is 57.0 cm³/mol. The van der Waals surface area contributed by atoms with E-state index in [1.54, 1.807) is 6.92 Å². The highest BCUT2D eigenvalue weighted by atomic mass is 35.5. The molecule has 0 fully saturated rings. The largest absolute Gasteiger partial charge is 0.252 e. The molecule has 0 saturated heterocycles. The van der Waals surface area contributed by atoms with Gasteiger partial charge < -0.3 is 0 Å². The van der Waals surface area contributed by atoms with Crippen molar-refractivity contribution in [3.63, 3.8) is 0 Å². The Labute approximate surface area is 91.7 Å². The fourth-order valence-electron chi connectivity index (χ4n) is 0.711. The molecule has 0 amide bonds. The Kier molecular flexibility index (Phi) is 3.65. The number of halogens is 1. The van der Waals surface area contributed by atoms with Crippen molar-refractivity contribution in [2.24, 2.45) is 0 Å². The molecular weight excluding hydrogens is 244 g/mol. The van der Waals surface area contributed by atoms with Gasteiger partial charge in [-0.15, -0.1) is 11.3 Å². The van der Waals surface area contributed by atoms with Crippen LogP contribution >= 0.6 is 22.9 Å².